The predicted molar refractivity (Wildman–Crippen MR) is 112 cm³/mol. The van der Waals surface area contributed by atoms with E-state index in [0.717, 1.165) is 16.6 Å². The summed E-state index contributed by atoms with van der Waals surface area (Å²) in [7, 11) is -2.68. The van der Waals surface area contributed by atoms with Crippen LogP contribution in [-0.2, 0) is 28.0 Å². The van der Waals surface area contributed by atoms with E-state index in [9.17, 15) is 26.4 Å². The molecular weight excluding hydrogens is 471 g/mol. The van der Waals surface area contributed by atoms with Crippen LogP contribution in [0.1, 0.15) is 31.0 Å². The van der Waals surface area contributed by atoms with Gasteiger partial charge in [-0.1, -0.05) is 11.6 Å². The molecule has 0 radical (unpaired) electrons. The molecule has 176 valence electrons. The van der Waals surface area contributed by atoms with E-state index in [2.05, 4.69) is 10.1 Å². The van der Waals surface area contributed by atoms with Crippen molar-refractivity contribution in [2.24, 2.45) is 13.0 Å². The second-order valence-corrected chi connectivity index (χ2v) is 9.66. The minimum absolute atomic E-state index is 0.0630. The lowest BCUT2D eigenvalue weighted by Crippen LogP contribution is -2.45. The van der Waals surface area contributed by atoms with Crippen LogP contribution >= 0.6 is 11.6 Å². The monoisotopic (exact) mass is 493 g/mol. The van der Waals surface area contributed by atoms with Crippen molar-refractivity contribution in [1.29, 1.82) is 0 Å². The number of aromatic nitrogens is 3. The predicted octanol–water partition coefficient (Wildman–Crippen LogP) is 3.25. The molecule has 1 aliphatic rings. The van der Waals surface area contributed by atoms with E-state index in [1.807, 2.05) is 0 Å². The zero-order valence-electron chi connectivity index (χ0n) is 17.7. The minimum Gasteiger partial charge on any atom is -0.357 e. The first-order valence-electron chi connectivity index (χ1n) is 9.91. The third kappa shape index (κ3) is 4.56. The highest BCUT2D eigenvalue weighted by Gasteiger charge is 2.38. The Bertz CT molecular complexity index is 1090. The van der Waals surface area contributed by atoms with Gasteiger partial charge in [-0.3, -0.25) is 9.48 Å². The summed E-state index contributed by atoms with van der Waals surface area (Å²) in [6, 6.07) is 2.26. The van der Waals surface area contributed by atoms with Gasteiger partial charge in [0.1, 0.15) is 15.9 Å². The molecule has 1 saturated heterocycles. The van der Waals surface area contributed by atoms with E-state index in [1.54, 1.807) is 11.8 Å². The quantitative estimate of drug-likeness (QED) is 0.635. The van der Waals surface area contributed by atoms with Gasteiger partial charge in [-0.25, -0.2) is 17.7 Å². The number of carbonyl (C=O) groups excluding carboxylic acids is 1. The Labute approximate surface area is 189 Å². The number of nitrogens with zero attached hydrogens (tertiary/aromatic N) is 5. The largest absolute Gasteiger partial charge is 0.417 e. The van der Waals surface area contributed by atoms with Gasteiger partial charge in [0.2, 0.25) is 5.91 Å². The van der Waals surface area contributed by atoms with Crippen LogP contribution in [0, 0.1) is 12.8 Å². The zero-order valence-corrected chi connectivity index (χ0v) is 19.3. The second-order valence-electron chi connectivity index (χ2n) is 7.50. The Morgan fingerprint density at radius 3 is 2.34 bits per heavy atom. The third-order valence-corrected chi connectivity index (χ3v) is 7.99. The molecule has 0 saturated carbocycles. The van der Waals surface area contributed by atoms with Crippen LogP contribution in [0.2, 0.25) is 5.15 Å². The lowest BCUT2D eigenvalue weighted by Gasteiger charge is -2.34. The summed E-state index contributed by atoms with van der Waals surface area (Å²) in [5.41, 5.74) is -0.633. The first kappa shape index (κ1) is 24.3. The maximum absolute atomic E-state index is 13.2. The minimum atomic E-state index is -4.46. The van der Waals surface area contributed by atoms with Crippen LogP contribution in [0.15, 0.2) is 23.2 Å². The number of aryl methyl sites for hydroxylation is 2. The summed E-state index contributed by atoms with van der Waals surface area (Å²) in [5.74, 6) is -0.709. The molecule has 0 spiro atoms. The molecule has 1 amide bonds. The highest BCUT2D eigenvalue weighted by Crippen LogP contribution is 2.32. The summed E-state index contributed by atoms with van der Waals surface area (Å²) < 4.78 is 66.5. The Hall–Kier alpha value is -2.34. The number of anilines is 1. The summed E-state index contributed by atoms with van der Waals surface area (Å²) >= 11 is 6.12. The molecule has 13 heteroatoms. The molecule has 1 aliphatic heterocycles. The van der Waals surface area contributed by atoms with E-state index in [0.29, 0.717) is 31.7 Å². The SMILES string of the molecule is CCN(C(=O)C1CCN(c2ccc(C(F)(F)F)cn2)CC1)S(=O)(=O)c1c(C)nn(C)c1Cl. The topological polar surface area (TPSA) is 88.4 Å². The highest BCUT2D eigenvalue weighted by atomic mass is 35.5. The summed E-state index contributed by atoms with van der Waals surface area (Å²) in [6.07, 6.45) is -3.01. The van der Waals surface area contributed by atoms with Gasteiger partial charge in [-0.15, -0.1) is 0 Å². The van der Waals surface area contributed by atoms with Crippen molar-refractivity contribution in [1.82, 2.24) is 19.1 Å². The van der Waals surface area contributed by atoms with Gasteiger partial charge in [0, 0.05) is 38.8 Å². The van der Waals surface area contributed by atoms with E-state index in [4.69, 9.17) is 11.6 Å². The van der Waals surface area contributed by atoms with Crippen LogP contribution in [0.3, 0.4) is 0 Å². The second kappa shape index (κ2) is 8.89. The van der Waals surface area contributed by atoms with Crippen LogP contribution in [0.5, 0.6) is 0 Å². The Morgan fingerprint density at radius 2 is 1.91 bits per heavy atom. The molecule has 0 aromatic carbocycles. The molecule has 3 rings (SSSR count). The van der Waals surface area contributed by atoms with Gasteiger partial charge in [-0.05, 0) is 38.8 Å². The van der Waals surface area contributed by atoms with Crippen LogP contribution in [0.25, 0.3) is 0 Å². The fourth-order valence-electron chi connectivity index (χ4n) is 3.76. The lowest BCUT2D eigenvalue weighted by atomic mass is 9.96. The number of sulfonamides is 1. The van der Waals surface area contributed by atoms with Crippen molar-refractivity contribution in [3.05, 3.63) is 34.7 Å². The van der Waals surface area contributed by atoms with Crippen LogP contribution < -0.4 is 4.90 Å². The molecule has 0 unspecified atom stereocenters. The molecule has 32 heavy (non-hydrogen) atoms. The highest BCUT2D eigenvalue weighted by molar-refractivity contribution is 7.89. The lowest BCUT2D eigenvalue weighted by molar-refractivity contribution is -0.137. The first-order chi connectivity index (χ1) is 14.9. The fraction of sp³-hybridized carbons (Fsp3) is 0.526. The van der Waals surface area contributed by atoms with E-state index >= 15 is 0 Å². The molecule has 2 aromatic rings. The smallest absolute Gasteiger partial charge is 0.357 e. The third-order valence-electron chi connectivity index (χ3n) is 5.42. The molecule has 0 atom stereocenters. The Balaban J connectivity index is 1.72. The van der Waals surface area contributed by atoms with Crippen LogP contribution in [0.4, 0.5) is 19.0 Å². The van der Waals surface area contributed by atoms with Crippen molar-refractivity contribution in [2.45, 2.75) is 37.8 Å². The average Bonchev–Trinajstić information content (AvgIpc) is 2.99. The van der Waals surface area contributed by atoms with E-state index in [-0.39, 0.29) is 22.3 Å². The average molecular weight is 494 g/mol. The van der Waals surface area contributed by atoms with Gasteiger partial charge in [0.05, 0.1) is 11.3 Å². The first-order valence-corrected chi connectivity index (χ1v) is 11.7. The molecule has 2 aromatic heterocycles. The molecule has 0 N–H and O–H groups in total. The number of pyridine rings is 1. The molecule has 0 bridgehead atoms. The van der Waals surface area contributed by atoms with E-state index < -0.39 is 33.6 Å². The normalized spacial score (nSPS) is 15.8. The zero-order chi connectivity index (χ0) is 23.8. The number of alkyl halides is 3. The number of rotatable bonds is 5. The maximum atomic E-state index is 13.2. The van der Waals surface area contributed by atoms with E-state index in [1.165, 1.54) is 24.7 Å². The standard InChI is InChI=1S/C19H23ClF3N5O3S/c1-4-28(32(30,31)16-12(2)25-26(3)17(16)20)18(29)13-7-9-27(10-8-13)15-6-5-14(11-24-15)19(21,22)23/h5-6,11,13H,4,7-10H2,1-3H3. The van der Waals surface area contributed by atoms with Crippen molar-refractivity contribution in [3.8, 4) is 0 Å². The summed E-state index contributed by atoms with van der Waals surface area (Å²) in [4.78, 5) is 18.6. The number of hydrogen-bond donors (Lipinski definition) is 0. The number of hydrogen-bond acceptors (Lipinski definition) is 6. The van der Waals surface area contributed by atoms with Crippen LogP contribution in [-0.4, -0.2) is 53.0 Å². The van der Waals surface area contributed by atoms with Gasteiger partial charge in [0.25, 0.3) is 10.0 Å². The van der Waals surface area contributed by atoms with Crippen molar-refractivity contribution in [2.75, 3.05) is 24.5 Å². The molecule has 1 fully saturated rings. The maximum Gasteiger partial charge on any atom is 0.417 e. The van der Waals surface area contributed by atoms with Gasteiger partial charge in [0.15, 0.2) is 0 Å². The summed E-state index contributed by atoms with van der Waals surface area (Å²) in [5, 5.41) is 3.94. The molecule has 8 nitrogen and oxygen atoms in total. The van der Waals surface area contributed by atoms with Gasteiger partial charge >= 0.3 is 6.18 Å². The molecular formula is C19H23ClF3N5O3S. The molecule has 0 aliphatic carbocycles. The number of halogens is 4. The number of amides is 1. The Kier molecular flexibility index (Phi) is 6.75. The fourth-order valence-corrected chi connectivity index (χ4v) is 5.93. The van der Waals surface area contributed by atoms with Gasteiger partial charge < -0.3 is 4.90 Å². The molecule has 3 heterocycles. The summed E-state index contributed by atoms with van der Waals surface area (Å²) in [6.45, 7) is 3.73. The number of carbonyl (C=O) groups is 1. The van der Waals surface area contributed by atoms with Crippen molar-refractivity contribution < 1.29 is 26.4 Å². The van der Waals surface area contributed by atoms with Crippen molar-refractivity contribution in [3.63, 3.8) is 0 Å². The van der Waals surface area contributed by atoms with Crippen molar-refractivity contribution >= 4 is 33.3 Å². The Morgan fingerprint density at radius 1 is 1.28 bits per heavy atom. The van der Waals surface area contributed by atoms with Gasteiger partial charge in [-0.2, -0.15) is 18.3 Å². The number of piperidine rings is 1.